The van der Waals surface area contributed by atoms with E-state index in [1.54, 1.807) is 11.1 Å². The highest BCUT2D eigenvalue weighted by Gasteiger charge is 2.07. The SMILES string of the molecule is CC1=C(/C=C/Br)CC(=O)C=C1. The third-order valence-corrected chi connectivity index (χ3v) is 1.92. The second kappa shape index (κ2) is 3.67. The molecule has 2 heteroatoms. The van der Waals surface area contributed by atoms with Crippen LogP contribution in [0.3, 0.4) is 0 Å². The zero-order valence-corrected chi connectivity index (χ0v) is 7.89. The van der Waals surface area contributed by atoms with Crippen molar-refractivity contribution >= 4 is 21.7 Å². The Morgan fingerprint density at radius 2 is 2.27 bits per heavy atom. The summed E-state index contributed by atoms with van der Waals surface area (Å²) in [6.45, 7) is 2.01. The molecule has 0 aromatic carbocycles. The van der Waals surface area contributed by atoms with Crippen LogP contribution in [0.4, 0.5) is 0 Å². The zero-order chi connectivity index (χ0) is 8.27. The average molecular weight is 213 g/mol. The molecule has 1 aliphatic rings. The minimum atomic E-state index is 0.177. The van der Waals surface area contributed by atoms with Crippen molar-refractivity contribution in [2.75, 3.05) is 0 Å². The molecule has 0 atom stereocenters. The molecule has 1 nitrogen and oxygen atoms in total. The fourth-order valence-corrected chi connectivity index (χ4v) is 1.30. The zero-order valence-electron chi connectivity index (χ0n) is 6.30. The van der Waals surface area contributed by atoms with Crippen LogP contribution in [0, 0.1) is 0 Å². The molecule has 11 heavy (non-hydrogen) atoms. The summed E-state index contributed by atoms with van der Waals surface area (Å²) in [7, 11) is 0. The lowest BCUT2D eigenvalue weighted by atomic mass is 9.98. The van der Waals surface area contributed by atoms with Gasteiger partial charge in [-0.2, -0.15) is 0 Å². The molecule has 0 bridgehead atoms. The number of allylic oxidation sites excluding steroid dienone is 5. The van der Waals surface area contributed by atoms with Crippen molar-refractivity contribution in [2.24, 2.45) is 0 Å². The molecule has 0 amide bonds. The first-order valence-electron chi connectivity index (χ1n) is 3.41. The summed E-state index contributed by atoms with van der Waals surface area (Å²) in [6, 6.07) is 0. The molecule has 0 N–H and O–H groups in total. The molecule has 1 rings (SSSR count). The number of halogens is 1. The number of carbonyl (C=O) groups excluding carboxylic acids is 1. The van der Waals surface area contributed by atoms with Crippen LogP contribution in [0.1, 0.15) is 13.3 Å². The van der Waals surface area contributed by atoms with E-state index in [9.17, 15) is 4.79 Å². The Kier molecular flexibility index (Phi) is 2.83. The Hall–Kier alpha value is -0.630. The van der Waals surface area contributed by atoms with E-state index in [-0.39, 0.29) is 5.78 Å². The van der Waals surface area contributed by atoms with Gasteiger partial charge in [-0.05, 0) is 29.1 Å². The third kappa shape index (κ3) is 2.15. The van der Waals surface area contributed by atoms with Crippen molar-refractivity contribution in [3.8, 4) is 0 Å². The van der Waals surface area contributed by atoms with E-state index in [1.807, 2.05) is 19.1 Å². The van der Waals surface area contributed by atoms with Gasteiger partial charge in [-0.3, -0.25) is 4.79 Å². The second-order valence-corrected chi connectivity index (χ2v) is 3.01. The quantitative estimate of drug-likeness (QED) is 0.654. The first-order chi connectivity index (χ1) is 5.24. The van der Waals surface area contributed by atoms with E-state index in [1.165, 1.54) is 5.57 Å². The lowest BCUT2D eigenvalue weighted by Crippen LogP contribution is -2.00. The van der Waals surface area contributed by atoms with Gasteiger partial charge in [-0.25, -0.2) is 0 Å². The van der Waals surface area contributed by atoms with Crippen LogP contribution < -0.4 is 0 Å². The van der Waals surface area contributed by atoms with E-state index in [0.717, 1.165) is 5.57 Å². The van der Waals surface area contributed by atoms with Gasteiger partial charge in [0.15, 0.2) is 5.78 Å². The van der Waals surface area contributed by atoms with Crippen LogP contribution in [0.2, 0.25) is 0 Å². The van der Waals surface area contributed by atoms with E-state index in [2.05, 4.69) is 15.9 Å². The topological polar surface area (TPSA) is 17.1 Å². The third-order valence-electron chi connectivity index (χ3n) is 1.65. The van der Waals surface area contributed by atoms with Crippen LogP contribution in [-0.2, 0) is 4.79 Å². The Bertz CT molecular complexity index is 259. The molecule has 0 unspecified atom stereocenters. The van der Waals surface area contributed by atoms with Gasteiger partial charge >= 0.3 is 0 Å². The number of rotatable bonds is 1. The number of hydrogen-bond acceptors (Lipinski definition) is 1. The van der Waals surface area contributed by atoms with E-state index >= 15 is 0 Å². The largest absolute Gasteiger partial charge is 0.294 e. The molecule has 0 fully saturated rings. The summed E-state index contributed by atoms with van der Waals surface area (Å²) in [6.07, 6.45) is 5.93. The van der Waals surface area contributed by atoms with Gasteiger partial charge in [-0.1, -0.05) is 28.1 Å². The summed E-state index contributed by atoms with van der Waals surface area (Å²) >= 11 is 3.18. The van der Waals surface area contributed by atoms with Crippen molar-refractivity contribution in [3.05, 3.63) is 34.4 Å². The standard InChI is InChI=1S/C9H9BrO/c1-7-2-3-9(11)6-8(7)4-5-10/h2-5H,6H2,1H3/b5-4+. The molecule has 0 radical (unpaired) electrons. The molecule has 0 saturated carbocycles. The molecule has 0 spiro atoms. The predicted octanol–water partition coefficient (Wildman–Crippen LogP) is 2.74. The maximum Gasteiger partial charge on any atom is 0.160 e. The summed E-state index contributed by atoms with van der Waals surface area (Å²) in [5, 5.41) is 0. The van der Waals surface area contributed by atoms with E-state index in [0.29, 0.717) is 6.42 Å². The highest BCUT2D eigenvalue weighted by molar-refractivity contribution is 9.11. The lowest BCUT2D eigenvalue weighted by Gasteiger charge is -2.06. The smallest absolute Gasteiger partial charge is 0.160 e. The van der Waals surface area contributed by atoms with Crippen molar-refractivity contribution < 1.29 is 4.79 Å². The first kappa shape index (κ1) is 8.47. The fourth-order valence-electron chi connectivity index (χ4n) is 0.977. The maximum atomic E-state index is 10.9. The van der Waals surface area contributed by atoms with Gasteiger partial charge in [0.2, 0.25) is 0 Å². The van der Waals surface area contributed by atoms with Crippen molar-refractivity contribution in [1.29, 1.82) is 0 Å². The Morgan fingerprint density at radius 1 is 1.55 bits per heavy atom. The second-order valence-electron chi connectivity index (χ2n) is 2.48. The van der Waals surface area contributed by atoms with Crippen LogP contribution in [0.15, 0.2) is 34.4 Å². The van der Waals surface area contributed by atoms with Crippen LogP contribution in [-0.4, -0.2) is 5.78 Å². The van der Waals surface area contributed by atoms with Gasteiger partial charge < -0.3 is 0 Å². The molecule has 0 saturated heterocycles. The number of hydrogen-bond donors (Lipinski definition) is 0. The van der Waals surface area contributed by atoms with Gasteiger partial charge in [0, 0.05) is 6.42 Å². The van der Waals surface area contributed by atoms with Crippen molar-refractivity contribution in [2.45, 2.75) is 13.3 Å². The van der Waals surface area contributed by atoms with Gasteiger partial charge in [0.25, 0.3) is 0 Å². The minimum Gasteiger partial charge on any atom is -0.294 e. The van der Waals surface area contributed by atoms with Gasteiger partial charge in [0.1, 0.15) is 0 Å². The van der Waals surface area contributed by atoms with E-state index in [4.69, 9.17) is 0 Å². The van der Waals surface area contributed by atoms with Crippen molar-refractivity contribution in [1.82, 2.24) is 0 Å². The Balaban J connectivity index is 2.90. The predicted molar refractivity (Wildman–Crippen MR) is 49.5 cm³/mol. The van der Waals surface area contributed by atoms with Gasteiger partial charge in [0.05, 0.1) is 0 Å². The molecular formula is C9H9BrO. The molecule has 0 heterocycles. The molecule has 0 aromatic rings. The maximum absolute atomic E-state index is 10.9. The summed E-state index contributed by atoms with van der Waals surface area (Å²) in [5.74, 6) is 0.177. The Morgan fingerprint density at radius 3 is 2.91 bits per heavy atom. The molecule has 1 aliphatic carbocycles. The highest BCUT2D eigenvalue weighted by Crippen LogP contribution is 2.17. The average Bonchev–Trinajstić information content (AvgIpc) is 1.98. The van der Waals surface area contributed by atoms with Crippen LogP contribution >= 0.6 is 15.9 Å². The first-order valence-corrected chi connectivity index (χ1v) is 4.33. The molecule has 0 aromatic heterocycles. The van der Waals surface area contributed by atoms with Gasteiger partial charge in [-0.15, -0.1) is 0 Å². The highest BCUT2D eigenvalue weighted by atomic mass is 79.9. The normalized spacial score (nSPS) is 18.5. The number of carbonyl (C=O) groups is 1. The summed E-state index contributed by atoms with van der Waals surface area (Å²) in [4.78, 5) is 12.7. The fraction of sp³-hybridized carbons (Fsp3) is 0.222. The molecular weight excluding hydrogens is 204 g/mol. The lowest BCUT2D eigenvalue weighted by molar-refractivity contribution is -0.114. The molecule has 0 aliphatic heterocycles. The monoisotopic (exact) mass is 212 g/mol. The molecule has 58 valence electrons. The number of ketones is 1. The minimum absolute atomic E-state index is 0.177. The summed E-state index contributed by atoms with van der Waals surface area (Å²) in [5.41, 5.74) is 2.26. The van der Waals surface area contributed by atoms with Crippen molar-refractivity contribution in [3.63, 3.8) is 0 Å². The Labute approximate surface area is 74.6 Å². The van der Waals surface area contributed by atoms with Crippen LogP contribution in [0.5, 0.6) is 0 Å². The van der Waals surface area contributed by atoms with Crippen LogP contribution in [0.25, 0.3) is 0 Å². The van der Waals surface area contributed by atoms with E-state index < -0.39 is 0 Å². The summed E-state index contributed by atoms with van der Waals surface area (Å²) < 4.78 is 0.